The third-order valence-electron chi connectivity index (χ3n) is 5.03. The van der Waals surface area contributed by atoms with Gasteiger partial charge in [0.05, 0.1) is 0 Å². The van der Waals surface area contributed by atoms with Gasteiger partial charge < -0.3 is 25.2 Å². The van der Waals surface area contributed by atoms with E-state index < -0.39 is 52.3 Å². The average Bonchev–Trinajstić information content (AvgIpc) is 2.66. The summed E-state index contributed by atoms with van der Waals surface area (Å²) < 4.78 is 10.4. The number of ether oxygens (including phenoxy) is 2. The predicted molar refractivity (Wildman–Crippen MR) is 141 cm³/mol. The summed E-state index contributed by atoms with van der Waals surface area (Å²) in [5.74, 6) is -1.25. The number of amides is 4. The van der Waals surface area contributed by atoms with Gasteiger partial charge in [0.2, 0.25) is 11.9 Å². The van der Waals surface area contributed by atoms with Gasteiger partial charge in [-0.1, -0.05) is 20.8 Å². The molecular weight excluding hydrogens is 482 g/mol. The molecule has 2 atom stereocenters. The normalized spacial score (nSPS) is 14.4. The minimum atomic E-state index is -1.71. The lowest BCUT2D eigenvalue weighted by molar-refractivity contribution is -0.151. The molecule has 0 aromatic carbocycles. The maximum atomic E-state index is 12.8. The van der Waals surface area contributed by atoms with Crippen LogP contribution in [0.2, 0.25) is 0 Å². The molecule has 0 aliphatic rings. The second-order valence-electron chi connectivity index (χ2n) is 11.9. The molecule has 0 aromatic rings. The van der Waals surface area contributed by atoms with Crippen molar-refractivity contribution in [1.29, 1.82) is 0 Å². The summed E-state index contributed by atoms with van der Waals surface area (Å²) in [6.45, 7) is 18.9. The van der Waals surface area contributed by atoms with Crippen LogP contribution < -0.4 is 21.3 Å². The molecule has 12 nitrogen and oxygen atoms in total. The summed E-state index contributed by atoms with van der Waals surface area (Å²) in [5, 5.41) is 20.7. The number of hydrogen-bond acceptors (Lipinski definition) is 8. The van der Waals surface area contributed by atoms with Gasteiger partial charge in [-0.05, 0) is 73.6 Å². The van der Waals surface area contributed by atoms with Crippen molar-refractivity contribution >= 4 is 30.0 Å². The number of nitrogens with one attached hydrogen (secondary N) is 4. The molecule has 214 valence electrons. The fraction of sp³-hybridized carbons (Fsp3) is 0.800. The average molecular weight is 530 g/mol. The first-order chi connectivity index (χ1) is 16.6. The number of aliphatic imine (C=N–C) groups is 1. The number of likely N-dealkylation sites (N-methyl/N-ethyl adjacent to an activating group) is 1. The van der Waals surface area contributed by atoms with Gasteiger partial charge in [-0.25, -0.2) is 9.59 Å². The van der Waals surface area contributed by atoms with Crippen LogP contribution in [-0.2, 0) is 19.1 Å². The molecule has 0 fully saturated rings. The molecule has 0 saturated carbocycles. The summed E-state index contributed by atoms with van der Waals surface area (Å²) in [7, 11) is 0. The van der Waals surface area contributed by atoms with Crippen LogP contribution in [0.5, 0.6) is 0 Å². The van der Waals surface area contributed by atoms with Crippen LogP contribution in [0.3, 0.4) is 0 Å². The smallest absolute Gasteiger partial charge is 0.414 e. The molecule has 2 unspecified atom stereocenters. The summed E-state index contributed by atoms with van der Waals surface area (Å²) in [6.07, 6.45) is -1.15. The molecule has 0 bridgehead atoms. The van der Waals surface area contributed by atoms with Crippen LogP contribution in [0.25, 0.3) is 0 Å². The first-order valence-electron chi connectivity index (χ1n) is 12.4. The Kier molecular flexibility index (Phi) is 12.5. The SMILES string of the molecule is CCNC(=O)C(CCCN=C(NC(=O)OC(C)(C)C)NC(=O)OC(C)(C)C)NC(=O)C(C)(O)C(C)(C)C. The predicted octanol–water partition coefficient (Wildman–Crippen LogP) is 2.59. The molecule has 0 heterocycles. The van der Waals surface area contributed by atoms with Crippen molar-refractivity contribution in [3.05, 3.63) is 0 Å². The third kappa shape index (κ3) is 13.8. The highest BCUT2D eigenvalue weighted by Gasteiger charge is 2.43. The summed E-state index contributed by atoms with van der Waals surface area (Å²) >= 11 is 0. The van der Waals surface area contributed by atoms with Crippen molar-refractivity contribution in [3.63, 3.8) is 0 Å². The standard InChI is InChI=1S/C25H47N5O7/c1-12-26-17(31)16(28-18(32)25(11,35)22(2,3)4)14-13-15-27-19(29-20(33)36-23(5,6)7)30-21(34)37-24(8,9)10/h16,35H,12-15H2,1-11H3,(H,26,31)(H,28,32)(H2,27,29,30,33,34). The van der Waals surface area contributed by atoms with Gasteiger partial charge in [-0.2, -0.15) is 0 Å². The lowest BCUT2D eigenvalue weighted by Gasteiger charge is -2.36. The van der Waals surface area contributed by atoms with Crippen molar-refractivity contribution in [2.75, 3.05) is 13.1 Å². The van der Waals surface area contributed by atoms with Crippen molar-refractivity contribution in [2.24, 2.45) is 10.4 Å². The number of carbonyl (C=O) groups is 4. The Hall–Kier alpha value is -2.89. The Labute approximate surface area is 220 Å². The van der Waals surface area contributed by atoms with Crippen LogP contribution in [0.15, 0.2) is 4.99 Å². The summed E-state index contributed by atoms with van der Waals surface area (Å²) in [5.41, 5.74) is -4.01. The van der Waals surface area contributed by atoms with E-state index in [9.17, 15) is 24.3 Å². The molecule has 0 rings (SSSR count). The number of nitrogens with zero attached hydrogens (tertiary/aromatic N) is 1. The number of carbonyl (C=O) groups excluding carboxylic acids is 4. The third-order valence-corrected chi connectivity index (χ3v) is 5.03. The molecule has 12 heteroatoms. The lowest BCUT2D eigenvalue weighted by atomic mass is 9.77. The largest absolute Gasteiger partial charge is 0.444 e. The molecule has 0 aliphatic carbocycles. The highest BCUT2D eigenvalue weighted by atomic mass is 16.6. The van der Waals surface area contributed by atoms with Gasteiger partial charge in [0.25, 0.3) is 5.91 Å². The molecular formula is C25H47N5O7. The van der Waals surface area contributed by atoms with Crippen LogP contribution in [0.4, 0.5) is 9.59 Å². The van der Waals surface area contributed by atoms with E-state index in [1.54, 1.807) is 69.2 Å². The molecule has 0 aromatic heterocycles. The Morgan fingerprint density at radius 3 is 1.68 bits per heavy atom. The fourth-order valence-corrected chi connectivity index (χ4v) is 2.60. The van der Waals surface area contributed by atoms with Crippen molar-refractivity contribution < 1.29 is 33.8 Å². The van der Waals surface area contributed by atoms with Gasteiger partial charge in [-0.15, -0.1) is 0 Å². The van der Waals surface area contributed by atoms with Crippen molar-refractivity contribution in [1.82, 2.24) is 21.3 Å². The lowest BCUT2D eigenvalue weighted by Crippen LogP contribution is -2.58. The number of guanidine groups is 1. The second-order valence-corrected chi connectivity index (χ2v) is 11.9. The molecule has 37 heavy (non-hydrogen) atoms. The van der Waals surface area contributed by atoms with E-state index in [1.165, 1.54) is 6.92 Å². The van der Waals surface area contributed by atoms with Gasteiger partial charge >= 0.3 is 12.2 Å². The molecule has 0 saturated heterocycles. The number of alkyl carbamates (subject to hydrolysis) is 2. The Morgan fingerprint density at radius 1 is 0.838 bits per heavy atom. The first-order valence-corrected chi connectivity index (χ1v) is 12.4. The van der Waals surface area contributed by atoms with Gasteiger partial charge in [0, 0.05) is 13.1 Å². The highest BCUT2D eigenvalue weighted by Crippen LogP contribution is 2.30. The summed E-state index contributed by atoms with van der Waals surface area (Å²) in [4.78, 5) is 53.9. The zero-order valence-electron chi connectivity index (χ0n) is 24.2. The minimum absolute atomic E-state index is 0.0857. The van der Waals surface area contributed by atoms with Crippen molar-refractivity contribution in [3.8, 4) is 0 Å². The second kappa shape index (κ2) is 13.6. The number of aliphatic hydroxyl groups is 1. The van der Waals surface area contributed by atoms with Gasteiger partial charge in [-0.3, -0.25) is 25.2 Å². The van der Waals surface area contributed by atoms with E-state index in [1.807, 2.05) is 0 Å². The Bertz CT molecular complexity index is 802. The zero-order chi connectivity index (χ0) is 29.2. The van der Waals surface area contributed by atoms with E-state index in [0.717, 1.165) is 0 Å². The fourth-order valence-electron chi connectivity index (χ4n) is 2.60. The van der Waals surface area contributed by atoms with Crippen LogP contribution in [-0.4, -0.2) is 71.0 Å². The van der Waals surface area contributed by atoms with Crippen LogP contribution in [0, 0.1) is 5.41 Å². The summed E-state index contributed by atoms with van der Waals surface area (Å²) in [6, 6.07) is -0.919. The van der Waals surface area contributed by atoms with Gasteiger partial charge in [0.1, 0.15) is 22.8 Å². The van der Waals surface area contributed by atoms with E-state index in [0.29, 0.717) is 13.0 Å². The van der Waals surface area contributed by atoms with E-state index in [2.05, 4.69) is 26.3 Å². The van der Waals surface area contributed by atoms with E-state index >= 15 is 0 Å². The topological polar surface area (TPSA) is 167 Å². The molecule has 0 spiro atoms. The van der Waals surface area contributed by atoms with Crippen LogP contribution >= 0.6 is 0 Å². The monoisotopic (exact) mass is 529 g/mol. The molecule has 0 radical (unpaired) electrons. The van der Waals surface area contributed by atoms with Crippen LogP contribution in [0.1, 0.15) is 89.0 Å². The zero-order valence-corrected chi connectivity index (χ0v) is 24.2. The van der Waals surface area contributed by atoms with Gasteiger partial charge in [0.15, 0.2) is 0 Å². The Morgan fingerprint density at radius 2 is 1.30 bits per heavy atom. The molecule has 5 N–H and O–H groups in total. The minimum Gasteiger partial charge on any atom is -0.444 e. The maximum Gasteiger partial charge on any atom is 0.414 e. The molecule has 4 amide bonds. The van der Waals surface area contributed by atoms with E-state index in [-0.39, 0.29) is 18.9 Å². The number of rotatable bonds is 8. The maximum absolute atomic E-state index is 12.8. The van der Waals surface area contributed by atoms with E-state index in [4.69, 9.17) is 9.47 Å². The quantitative estimate of drug-likeness (QED) is 0.183. The highest BCUT2D eigenvalue weighted by molar-refractivity contribution is 6.01. The van der Waals surface area contributed by atoms with Crippen molar-refractivity contribution in [2.45, 2.75) is 112 Å². The first kappa shape index (κ1) is 34.1. The molecule has 0 aliphatic heterocycles. The number of hydrogen-bond donors (Lipinski definition) is 5. The Balaban J connectivity index is 5.49.